The molecule has 158 valence electrons. The standard InChI is InChI=1S/C20H19O.C7H4BrO2.K/c1-5-16-11-13(2)12-18-14(3)15(4)19(21-20(16)18)17-9-7-6-8-10-17;8-6-3-1-2-5(4-6)7(9)10;/h5-12H,3H2,1-2,4H3;1,3-4H,(H,9,10);/q2*-1;+1. The first kappa shape index (κ1) is 26.6. The molecular weight excluding hydrogens is 491 g/mol. The maximum absolute atomic E-state index is 10.3. The van der Waals surface area contributed by atoms with Crippen LogP contribution >= 0.6 is 15.9 Å². The molecule has 3 aromatic carbocycles. The summed E-state index contributed by atoms with van der Waals surface area (Å²) < 4.78 is 7.02. The van der Waals surface area contributed by atoms with Gasteiger partial charge in [0.15, 0.2) is 0 Å². The van der Waals surface area contributed by atoms with Gasteiger partial charge in [0.25, 0.3) is 0 Å². The van der Waals surface area contributed by atoms with E-state index in [0.29, 0.717) is 0 Å². The number of carbonyl (C=O) groups is 1. The molecule has 0 spiro atoms. The van der Waals surface area contributed by atoms with E-state index >= 15 is 0 Å². The Kier molecular flexibility index (Phi) is 10.0. The van der Waals surface area contributed by atoms with Gasteiger partial charge in [-0.2, -0.15) is 12.5 Å². The first-order chi connectivity index (χ1) is 14.8. The number of hydrogen-bond donors (Lipinski definition) is 1. The van der Waals surface area contributed by atoms with Crippen LogP contribution in [0.4, 0.5) is 0 Å². The zero-order valence-corrected chi connectivity index (χ0v) is 23.4. The molecule has 0 aromatic heterocycles. The van der Waals surface area contributed by atoms with E-state index in [1.165, 1.54) is 11.6 Å². The third-order valence-corrected chi connectivity index (χ3v) is 5.42. The molecule has 5 heteroatoms. The quantitative estimate of drug-likeness (QED) is 0.418. The van der Waals surface area contributed by atoms with Crippen LogP contribution in [-0.2, 0) is 0 Å². The predicted molar refractivity (Wildman–Crippen MR) is 129 cm³/mol. The van der Waals surface area contributed by atoms with Crippen molar-refractivity contribution in [2.45, 2.75) is 20.8 Å². The molecule has 1 aliphatic heterocycles. The Morgan fingerprint density at radius 2 is 1.81 bits per heavy atom. The van der Waals surface area contributed by atoms with Crippen molar-refractivity contribution < 1.29 is 66.0 Å². The fraction of sp³-hybridized carbons (Fsp3) is 0.111. The van der Waals surface area contributed by atoms with Gasteiger partial charge < -0.3 is 14.6 Å². The number of fused-ring (bicyclic) bond motifs is 1. The molecule has 3 nitrogen and oxygen atoms in total. The van der Waals surface area contributed by atoms with Crippen LogP contribution in [0.15, 0.2) is 77.3 Å². The van der Waals surface area contributed by atoms with Gasteiger partial charge in [-0.3, -0.25) is 0 Å². The van der Waals surface area contributed by atoms with Crippen molar-refractivity contribution in [1.29, 1.82) is 0 Å². The molecule has 0 atom stereocenters. The zero-order valence-electron chi connectivity index (χ0n) is 18.7. The van der Waals surface area contributed by atoms with Crippen LogP contribution in [0.25, 0.3) is 11.3 Å². The second-order valence-corrected chi connectivity index (χ2v) is 8.06. The van der Waals surface area contributed by atoms with E-state index in [9.17, 15) is 4.79 Å². The molecule has 0 radical (unpaired) electrons. The Hall–Kier alpha value is -1.60. The summed E-state index contributed by atoms with van der Waals surface area (Å²) in [7, 11) is 0. The van der Waals surface area contributed by atoms with Gasteiger partial charge in [0.1, 0.15) is 5.76 Å². The zero-order chi connectivity index (χ0) is 22.5. The number of aryl methyl sites for hydroxylation is 1. The molecule has 3 aromatic rings. The molecule has 1 aliphatic rings. The summed E-state index contributed by atoms with van der Waals surface area (Å²) in [5.41, 5.74) is 6.84. The van der Waals surface area contributed by atoms with Crippen LogP contribution in [0.5, 0.6) is 5.75 Å². The van der Waals surface area contributed by atoms with Crippen molar-refractivity contribution in [3.8, 4) is 5.75 Å². The minimum Gasteiger partial charge on any atom is -0.521 e. The molecule has 0 amide bonds. The normalized spacial score (nSPS) is 11.9. The SMILES string of the molecule is C=C1C(C)=C(c2ccccc2)Oc2c([CH-]C)cc(C)cc21.O=C(O)c1[c-]ccc(Br)c1.[K+]. The largest absolute Gasteiger partial charge is 1.00 e. The second kappa shape index (κ2) is 12.0. The average molecular weight is 514 g/mol. The minimum atomic E-state index is -0.957. The van der Waals surface area contributed by atoms with Crippen LogP contribution in [0.2, 0.25) is 0 Å². The van der Waals surface area contributed by atoms with Crippen molar-refractivity contribution in [2.75, 3.05) is 0 Å². The van der Waals surface area contributed by atoms with Crippen LogP contribution in [0, 0.1) is 19.4 Å². The van der Waals surface area contributed by atoms with Gasteiger partial charge in [-0.15, -0.1) is 35.4 Å². The molecule has 32 heavy (non-hydrogen) atoms. The van der Waals surface area contributed by atoms with Crippen LogP contribution in [0.3, 0.4) is 0 Å². The summed E-state index contributed by atoms with van der Waals surface area (Å²) >= 11 is 3.15. The Bertz CT molecular complexity index is 1170. The van der Waals surface area contributed by atoms with E-state index in [1.807, 2.05) is 25.1 Å². The Morgan fingerprint density at radius 3 is 2.38 bits per heavy atom. The number of hydrogen-bond acceptors (Lipinski definition) is 2. The van der Waals surface area contributed by atoms with Gasteiger partial charge in [0, 0.05) is 11.3 Å². The van der Waals surface area contributed by atoms with Crippen LogP contribution in [0.1, 0.15) is 46.5 Å². The van der Waals surface area contributed by atoms with Crippen LogP contribution < -0.4 is 56.1 Å². The summed E-state index contributed by atoms with van der Waals surface area (Å²) in [6.45, 7) is 10.5. The summed E-state index contributed by atoms with van der Waals surface area (Å²) in [6.07, 6.45) is 2.09. The number of carboxylic acids is 1. The molecule has 4 rings (SSSR count). The molecule has 1 heterocycles. The summed E-state index contributed by atoms with van der Waals surface area (Å²) in [6, 6.07) is 21.9. The van der Waals surface area contributed by atoms with E-state index < -0.39 is 5.97 Å². The molecule has 0 unspecified atom stereocenters. The van der Waals surface area contributed by atoms with Crippen molar-refractivity contribution in [2.24, 2.45) is 0 Å². The monoisotopic (exact) mass is 513 g/mol. The van der Waals surface area contributed by atoms with Gasteiger partial charge in [0.05, 0.1) is 0 Å². The number of halogens is 1. The Morgan fingerprint density at radius 1 is 1.12 bits per heavy atom. The van der Waals surface area contributed by atoms with Crippen molar-refractivity contribution in [1.82, 2.24) is 0 Å². The first-order valence-electron chi connectivity index (χ1n) is 9.80. The van der Waals surface area contributed by atoms with E-state index in [4.69, 9.17) is 9.84 Å². The van der Waals surface area contributed by atoms with Gasteiger partial charge in [-0.1, -0.05) is 82.8 Å². The van der Waals surface area contributed by atoms with E-state index in [0.717, 1.165) is 43.8 Å². The van der Waals surface area contributed by atoms with Gasteiger partial charge >= 0.3 is 51.4 Å². The van der Waals surface area contributed by atoms with E-state index in [2.05, 4.69) is 73.1 Å². The maximum atomic E-state index is 10.3. The molecular formula is C27H23BrKO3-. The summed E-state index contributed by atoms with van der Waals surface area (Å²) in [5, 5.41) is 8.46. The third-order valence-electron chi connectivity index (χ3n) is 4.93. The topological polar surface area (TPSA) is 46.5 Å². The third kappa shape index (κ3) is 6.25. The van der Waals surface area contributed by atoms with Gasteiger partial charge in [-0.05, 0) is 23.6 Å². The Labute approximate surface area is 240 Å². The number of benzene rings is 3. The molecule has 0 bridgehead atoms. The fourth-order valence-electron chi connectivity index (χ4n) is 3.30. The van der Waals surface area contributed by atoms with Gasteiger partial charge in [-0.25, -0.2) is 0 Å². The number of rotatable bonds is 3. The number of ether oxygens (including phenoxy) is 1. The smallest absolute Gasteiger partial charge is 0.521 e. The van der Waals surface area contributed by atoms with Crippen molar-refractivity contribution >= 4 is 33.2 Å². The molecule has 1 N–H and O–H groups in total. The fourth-order valence-corrected chi connectivity index (χ4v) is 3.66. The van der Waals surface area contributed by atoms with Crippen LogP contribution in [-0.4, -0.2) is 11.1 Å². The number of aromatic carboxylic acids is 1. The van der Waals surface area contributed by atoms with E-state index in [1.54, 1.807) is 12.1 Å². The maximum Gasteiger partial charge on any atom is 1.00 e. The number of allylic oxidation sites excluding steroid dienone is 2. The second-order valence-electron chi connectivity index (χ2n) is 7.15. The summed E-state index contributed by atoms with van der Waals surface area (Å²) in [5.74, 6) is 0.860. The Balaban J connectivity index is 0.000000280. The number of carboxylic acid groups (broad SMARTS) is 1. The molecule has 0 saturated heterocycles. The molecule has 0 saturated carbocycles. The minimum absolute atomic E-state index is 0. The van der Waals surface area contributed by atoms with Crippen molar-refractivity contribution in [3.05, 3.63) is 118 Å². The average Bonchev–Trinajstić information content (AvgIpc) is 2.77. The molecule has 0 fully saturated rings. The summed E-state index contributed by atoms with van der Waals surface area (Å²) in [4.78, 5) is 10.3. The molecule has 0 aliphatic carbocycles. The van der Waals surface area contributed by atoms with Gasteiger partial charge in [0.2, 0.25) is 5.97 Å². The predicted octanol–water partition coefficient (Wildman–Crippen LogP) is 4.36. The first-order valence-corrected chi connectivity index (χ1v) is 10.6. The van der Waals surface area contributed by atoms with E-state index in [-0.39, 0.29) is 56.9 Å². The van der Waals surface area contributed by atoms with Crippen molar-refractivity contribution in [3.63, 3.8) is 0 Å².